The summed E-state index contributed by atoms with van der Waals surface area (Å²) in [7, 11) is 0. The number of azo groups is 1. The summed E-state index contributed by atoms with van der Waals surface area (Å²) in [6.45, 7) is 1.65. The van der Waals surface area contributed by atoms with Gasteiger partial charge in [-0.05, 0) is 42.0 Å². The molecule has 0 fully saturated rings. The molecule has 0 bridgehead atoms. The van der Waals surface area contributed by atoms with Gasteiger partial charge < -0.3 is 0 Å². The molecule has 0 saturated heterocycles. The zero-order valence-electron chi connectivity index (χ0n) is 14.5. The smallest absolute Gasteiger partial charge is 0.269 e. The molecule has 1 atom stereocenters. The summed E-state index contributed by atoms with van der Waals surface area (Å²) in [5.41, 5.74) is 1.39. The normalized spacial score (nSPS) is 16.9. The largest absolute Gasteiger partial charge is 0.282 e. The first kappa shape index (κ1) is 16.7. The molecule has 1 unspecified atom stereocenters. The van der Waals surface area contributed by atoms with Crippen LogP contribution in [0.2, 0.25) is 0 Å². The van der Waals surface area contributed by atoms with Crippen LogP contribution in [0.15, 0.2) is 82.3 Å². The van der Waals surface area contributed by atoms with E-state index in [1.807, 2.05) is 42.5 Å². The van der Waals surface area contributed by atoms with Crippen molar-refractivity contribution in [2.24, 2.45) is 15.3 Å². The highest BCUT2D eigenvalue weighted by Gasteiger charge is 2.38. The van der Waals surface area contributed by atoms with Crippen molar-refractivity contribution < 1.29 is 9.59 Å². The van der Waals surface area contributed by atoms with E-state index in [2.05, 4.69) is 20.3 Å². The Morgan fingerprint density at radius 1 is 1.04 bits per heavy atom. The number of hydrogen-bond acceptors (Lipinski definition) is 6. The number of benzene rings is 2. The van der Waals surface area contributed by atoms with Crippen molar-refractivity contribution in [3.8, 4) is 0 Å². The number of rotatable bonds is 3. The lowest BCUT2D eigenvalue weighted by molar-refractivity contribution is -0.127. The molecule has 1 aliphatic heterocycles. The van der Waals surface area contributed by atoms with Crippen LogP contribution in [0.3, 0.4) is 0 Å². The van der Waals surface area contributed by atoms with Crippen molar-refractivity contribution in [3.05, 3.63) is 72.6 Å². The van der Waals surface area contributed by atoms with Crippen molar-refractivity contribution in [2.75, 3.05) is 0 Å². The van der Waals surface area contributed by atoms with Crippen molar-refractivity contribution in [2.45, 2.75) is 13.0 Å². The Morgan fingerprint density at radius 2 is 1.78 bits per heavy atom. The molecule has 0 spiro atoms. The summed E-state index contributed by atoms with van der Waals surface area (Å²) in [6.07, 6.45) is 2.97. The molecule has 2 heterocycles. The minimum absolute atomic E-state index is 0.335. The molecule has 2 aromatic carbocycles. The molecule has 0 N–H and O–H groups in total. The fourth-order valence-electron chi connectivity index (χ4n) is 2.81. The maximum atomic E-state index is 12.6. The first-order valence-corrected chi connectivity index (χ1v) is 8.36. The van der Waals surface area contributed by atoms with Gasteiger partial charge in [-0.1, -0.05) is 30.3 Å². The molecule has 7 heteroatoms. The van der Waals surface area contributed by atoms with Gasteiger partial charge in [0.25, 0.3) is 11.8 Å². The van der Waals surface area contributed by atoms with E-state index in [0.717, 1.165) is 15.8 Å². The van der Waals surface area contributed by atoms with Crippen LogP contribution in [0, 0.1) is 0 Å². The Hall–Kier alpha value is -3.74. The van der Waals surface area contributed by atoms with Gasteiger partial charge in [-0.15, -0.1) is 0 Å². The van der Waals surface area contributed by atoms with Crippen LogP contribution in [0.5, 0.6) is 0 Å². The molecule has 0 aliphatic carbocycles. The molecule has 0 radical (unpaired) electrons. The maximum Gasteiger partial charge on any atom is 0.282 e. The number of nitrogens with zero attached hydrogens (tertiary/aromatic N) is 5. The Balaban J connectivity index is 1.55. The Kier molecular flexibility index (Phi) is 4.25. The lowest BCUT2D eigenvalue weighted by Gasteiger charge is -2.10. The van der Waals surface area contributed by atoms with Crippen LogP contribution < -0.4 is 0 Å². The first-order valence-electron chi connectivity index (χ1n) is 8.36. The SMILES string of the molecule is CC1=NN(C(=O)c2ccncc2)C(=O)C1/N=N\c1ccc2ccccc2c1. The Morgan fingerprint density at radius 3 is 2.56 bits per heavy atom. The van der Waals surface area contributed by atoms with Crippen LogP contribution in [0.1, 0.15) is 17.3 Å². The molecule has 0 saturated carbocycles. The van der Waals surface area contributed by atoms with Crippen LogP contribution in [-0.4, -0.2) is 33.6 Å². The summed E-state index contributed by atoms with van der Waals surface area (Å²) < 4.78 is 0. The van der Waals surface area contributed by atoms with Crippen molar-refractivity contribution in [3.63, 3.8) is 0 Å². The number of aromatic nitrogens is 1. The van der Waals surface area contributed by atoms with Crippen molar-refractivity contribution in [1.82, 2.24) is 9.99 Å². The molecular weight excluding hydrogens is 342 g/mol. The second-order valence-electron chi connectivity index (χ2n) is 6.08. The average Bonchev–Trinajstić information content (AvgIpc) is 3.00. The number of fused-ring (bicyclic) bond motifs is 1. The predicted molar refractivity (Wildman–Crippen MR) is 101 cm³/mol. The zero-order valence-corrected chi connectivity index (χ0v) is 14.5. The Bertz CT molecular complexity index is 1090. The molecule has 4 rings (SSSR count). The van der Waals surface area contributed by atoms with E-state index < -0.39 is 17.9 Å². The quantitative estimate of drug-likeness (QED) is 0.528. The van der Waals surface area contributed by atoms with E-state index in [1.165, 1.54) is 24.5 Å². The minimum Gasteiger partial charge on any atom is -0.269 e. The highest BCUT2D eigenvalue weighted by atomic mass is 16.2. The zero-order chi connectivity index (χ0) is 18.8. The van der Waals surface area contributed by atoms with Crippen LogP contribution in [0.25, 0.3) is 10.8 Å². The van der Waals surface area contributed by atoms with E-state index in [0.29, 0.717) is 17.0 Å². The molecule has 27 heavy (non-hydrogen) atoms. The van der Waals surface area contributed by atoms with Gasteiger partial charge in [-0.25, -0.2) is 0 Å². The van der Waals surface area contributed by atoms with Crippen LogP contribution in [-0.2, 0) is 4.79 Å². The van der Waals surface area contributed by atoms with Gasteiger partial charge in [0.15, 0.2) is 6.04 Å². The van der Waals surface area contributed by atoms with Crippen molar-refractivity contribution in [1.29, 1.82) is 0 Å². The lowest BCUT2D eigenvalue weighted by atomic mass is 10.1. The molecular formula is C20H15N5O2. The topological polar surface area (TPSA) is 87.4 Å². The van der Waals surface area contributed by atoms with Gasteiger partial charge in [-0.2, -0.15) is 20.3 Å². The standard InChI is InChI=1S/C20H15N5O2/c1-13-18(20(27)25(24-13)19(26)15-8-10-21-11-9-15)23-22-17-7-6-14-4-2-3-5-16(14)12-17/h2-12,18H,1H3/b23-22-. The lowest BCUT2D eigenvalue weighted by Crippen LogP contribution is -2.34. The Labute approximate surface area is 155 Å². The van der Waals surface area contributed by atoms with E-state index in [1.54, 1.807) is 6.92 Å². The summed E-state index contributed by atoms with van der Waals surface area (Å²) in [6, 6.07) is 15.7. The van der Waals surface area contributed by atoms with Gasteiger partial charge in [0.1, 0.15) is 0 Å². The molecule has 7 nitrogen and oxygen atoms in total. The van der Waals surface area contributed by atoms with Gasteiger partial charge in [0.05, 0.1) is 11.4 Å². The van der Waals surface area contributed by atoms with Gasteiger partial charge >= 0.3 is 0 Å². The molecule has 2 amide bonds. The minimum atomic E-state index is -0.901. The molecule has 1 aromatic heterocycles. The van der Waals surface area contributed by atoms with Gasteiger partial charge in [0.2, 0.25) is 0 Å². The molecule has 3 aromatic rings. The summed E-state index contributed by atoms with van der Waals surface area (Å²) in [4.78, 5) is 28.9. The first-order chi connectivity index (χ1) is 13.1. The van der Waals surface area contributed by atoms with E-state index in [9.17, 15) is 9.59 Å². The average molecular weight is 357 g/mol. The third-order valence-electron chi connectivity index (χ3n) is 4.24. The number of amides is 2. The maximum absolute atomic E-state index is 12.6. The van der Waals surface area contributed by atoms with Crippen LogP contribution >= 0.6 is 0 Å². The summed E-state index contributed by atoms with van der Waals surface area (Å²) >= 11 is 0. The van der Waals surface area contributed by atoms with Gasteiger partial charge in [0, 0.05) is 18.0 Å². The summed E-state index contributed by atoms with van der Waals surface area (Å²) in [5.74, 6) is -1.02. The van der Waals surface area contributed by atoms with Crippen molar-refractivity contribution >= 4 is 34.0 Å². The highest BCUT2D eigenvalue weighted by molar-refractivity contribution is 6.18. The fraction of sp³-hybridized carbons (Fsp3) is 0.100. The molecule has 132 valence electrons. The third-order valence-corrected chi connectivity index (χ3v) is 4.24. The monoisotopic (exact) mass is 357 g/mol. The number of pyridine rings is 1. The highest BCUT2D eigenvalue weighted by Crippen LogP contribution is 2.23. The van der Waals surface area contributed by atoms with E-state index >= 15 is 0 Å². The van der Waals surface area contributed by atoms with Gasteiger partial charge in [-0.3, -0.25) is 14.6 Å². The predicted octanol–water partition coefficient (Wildman–Crippen LogP) is 3.75. The number of hydrazone groups is 1. The van der Waals surface area contributed by atoms with Crippen LogP contribution in [0.4, 0.5) is 5.69 Å². The number of carbonyl (C=O) groups is 2. The fourth-order valence-corrected chi connectivity index (χ4v) is 2.81. The second-order valence-corrected chi connectivity index (χ2v) is 6.08. The number of hydrogen-bond donors (Lipinski definition) is 0. The number of carbonyl (C=O) groups excluding carboxylic acids is 2. The second kappa shape index (κ2) is 6.87. The van der Waals surface area contributed by atoms with E-state index in [4.69, 9.17) is 0 Å². The third kappa shape index (κ3) is 3.22. The summed E-state index contributed by atoms with van der Waals surface area (Å²) in [5, 5.41) is 15.3. The van der Waals surface area contributed by atoms with E-state index in [-0.39, 0.29) is 0 Å². The number of imide groups is 1. The molecule has 1 aliphatic rings.